The summed E-state index contributed by atoms with van der Waals surface area (Å²) in [5.74, 6) is -3.36. The van der Waals surface area contributed by atoms with Gasteiger partial charge in [0.2, 0.25) is 0 Å². The SMILES string of the molecule is C[C](CF)c1cc(F)c(F)cc1F. The van der Waals surface area contributed by atoms with E-state index < -0.39 is 24.1 Å². The predicted molar refractivity (Wildman–Crippen MR) is 40.3 cm³/mol. The van der Waals surface area contributed by atoms with Crippen molar-refractivity contribution in [3.63, 3.8) is 0 Å². The molecular weight excluding hydrogens is 184 g/mol. The van der Waals surface area contributed by atoms with Gasteiger partial charge in [-0.2, -0.15) is 0 Å². The molecule has 4 heteroatoms. The first-order chi connectivity index (χ1) is 6.06. The van der Waals surface area contributed by atoms with Gasteiger partial charge in [0.15, 0.2) is 11.6 Å². The zero-order valence-electron chi connectivity index (χ0n) is 6.87. The van der Waals surface area contributed by atoms with Gasteiger partial charge in [0, 0.05) is 17.5 Å². The van der Waals surface area contributed by atoms with Crippen LogP contribution >= 0.6 is 0 Å². The van der Waals surface area contributed by atoms with Crippen molar-refractivity contribution >= 4 is 0 Å². The van der Waals surface area contributed by atoms with Gasteiger partial charge in [-0.05, 0) is 6.07 Å². The molecule has 0 unspecified atom stereocenters. The van der Waals surface area contributed by atoms with E-state index in [2.05, 4.69) is 0 Å². The van der Waals surface area contributed by atoms with Gasteiger partial charge in [0.05, 0.1) is 6.67 Å². The molecule has 1 rings (SSSR count). The number of benzene rings is 1. The minimum Gasteiger partial charge on any atom is -0.250 e. The quantitative estimate of drug-likeness (QED) is 0.498. The molecular formula is C9H7F4. The summed E-state index contributed by atoms with van der Waals surface area (Å²) in [5.41, 5.74) is -0.221. The largest absolute Gasteiger partial charge is 0.250 e. The third-order valence-corrected chi connectivity index (χ3v) is 1.67. The third kappa shape index (κ3) is 1.99. The minimum absolute atomic E-state index is 0.0383. The van der Waals surface area contributed by atoms with Gasteiger partial charge >= 0.3 is 0 Å². The van der Waals surface area contributed by atoms with Crippen LogP contribution in [0.4, 0.5) is 17.6 Å². The topological polar surface area (TPSA) is 0 Å². The van der Waals surface area contributed by atoms with Crippen molar-refractivity contribution in [2.75, 3.05) is 6.67 Å². The van der Waals surface area contributed by atoms with Crippen LogP contribution in [0, 0.1) is 23.4 Å². The molecule has 0 aromatic heterocycles. The molecule has 0 aliphatic rings. The van der Waals surface area contributed by atoms with Crippen LogP contribution < -0.4 is 0 Å². The van der Waals surface area contributed by atoms with Crippen molar-refractivity contribution in [1.82, 2.24) is 0 Å². The average Bonchev–Trinajstić information content (AvgIpc) is 2.10. The molecule has 0 saturated carbocycles. The minimum atomic E-state index is -1.27. The lowest BCUT2D eigenvalue weighted by molar-refractivity contribution is 0.480. The number of rotatable bonds is 2. The Morgan fingerprint density at radius 1 is 1.08 bits per heavy atom. The molecule has 13 heavy (non-hydrogen) atoms. The molecule has 0 saturated heterocycles. The van der Waals surface area contributed by atoms with Gasteiger partial charge in [0.1, 0.15) is 5.82 Å². The molecule has 71 valence electrons. The van der Waals surface area contributed by atoms with E-state index in [1.54, 1.807) is 0 Å². The molecule has 0 fully saturated rings. The molecule has 1 aromatic rings. The first kappa shape index (κ1) is 10.0. The van der Waals surface area contributed by atoms with Gasteiger partial charge in [-0.1, -0.05) is 6.92 Å². The van der Waals surface area contributed by atoms with E-state index in [1.807, 2.05) is 0 Å². The van der Waals surface area contributed by atoms with Crippen molar-refractivity contribution in [2.24, 2.45) is 0 Å². The zero-order chi connectivity index (χ0) is 10.0. The molecule has 0 atom stereocenters. The van der Waals surface area contributed by atoms with E-state index in [1.165, 1.54) is 6.92 Å². The molecule has 0 bridgehead atoms. The number of hydrogen-bond donors (Lipinski definition) is 0. The molecule has 0 aliphatic carbocycles. The van der Waals surface area contributed by atoms with Crippen LogP contribution in [0.5, 0.6) is 0 Å². The van der Waals surface area contributed by atoms with Crippen LogP contribution in [0.3, 0.4) is 0 Å². The smallest absolute Gasteiger partial charge is 0.161 e. The summed E-state index contributed by atoms with van der Waals surface area (Å²) in [6.45, 7) is 0.428. The van der Waals surface area contributed by atoms with Gasteiger partial charge in [-0.25, -0.2) is 13.2 Å². The van der Waals surface area contributed by atoms with Gasteiger partial charge in [-0.3, -0.25) is 4.39 Å². The fourth-order valence-corrected chi connectivity index (χ4v) is 0.922. The highest BCUT2D eigenvalue weighted by Gasteiger charge is 2.15. The molecule has 1 radical (unpaired) electrons. The Kier molecular flexibility index (Phi) is 2.90. The molecule has 1 aromatic carbocycles. The van der Waals surface area contributed by atoms with E-state index in [-0.39, 0.29) is 11.5 Å². The van der Waals surface area contributed by atoms with E-state index in [9.17, 15) is 17.6 Å². The molecule has 0 heterocycles. The maximum Gasteiger partial charge on any atom is 0.161 e. The summed E-state index contributed by atoms with van der Waals surface area (Å²) in [5, 5.41) is 0. The van der Waals surface area contributed by atoms with E-state index in [0.717, 1.165) is 0 Å². The average molecular weight is 191 g/mol. The highest BCUT2D eigenvalue weighted by atomic mass is 19.2. The molecule has 0 amide bonds. The molecule has 0 N–H and O–H groups in total. The standard InChI is InChI=1S/C9H7F4/c1-5(4-10)6-2-8(12)9(13)3-7(6)11/h2-3H,4H2,1H3. The van der Waals surface area contributed by atoms with Crippen molar-refractivity contribution < 1.29 is 17.6 Å². The third-order valence-electron chi connectivity index (χ3n) is 1.67. The van der Waals surface area contributed by atoms with Crippen LogP contribution in [0.1, 0.15) is 12.5 Å². The number of alkyl halides is 1. The Morgan fingerprint density at radius 2 is 1.62 bits per heavy atom. The van der Waals surface area contributed by atoms with Crippen molar-refractivity contribution in [2.45, 2.75) is 6.92 Å². The zero-order valence-corrected chi connectivity index (χ0v) is 6.87. The van der Waals surface area contributed by atoms with Crippen molar-refractivity contribution in [3.05, 3.63) is 41.1 Å². The van der Waals surface area contributed by atoms with Crippen molar-refractivity contribution in [3.8, 4) is 0 Å². The maximum absolute atomic E-state index is 12.9. The molecule has 0 spiro atoms. The van der Waals surface area contributed by atoms with Gasteiger partial charge in [0.25, 0.3) is 0 Å². The molecule has 0 nitrogen and oxygen atoms in total. The summed E-state index contributed by atoms with van der Waals surface area (Å²) in [7, 11) is 0. The Bertz CT molecular complexity index is 309. The van der Waals surface area contributed by atoms with Crippen LogP contribution in [-0.4, -0.2) is 6.67 Å². The lowest BCUT2D eigenvalue weighted by Crippen LogP contribution is -2.02. The highest BCUT2D eigenvalue weighted by Crippen LogP contribution is 2.21. The number of halogens is 4. The predicted octanol–water partition coefficient (Wildman–Crippen LogP) is 3.02. The van der Waals surface area contributed by atoms with Gasteiger partial charge < -0.3 is 0 Å². The highest BCUT2D eigenvalue weighted by molar-refractivity contribution is 5.32. The lowest BCUT2D eigenvalue weighted by Gasteiger charge is -2.07. The summed E-state index contributed by atoms with van der Waals surface area (Å²) >= 11 is 0. The first-order valence-corrected chi connectivity index (χ1v) is 3.59. The van der Waals surface area contributed by atoms with E-state index in [4.69, 9.17) is 0 Å². The Balaban J connectivity index is 3.15. The summed E-state index contributed by atoms with van der Waals surface area (Å²) in [6, 6.07) is 1.06. The summed E-state index contributed by atoms with van der Waals surface area (Å²) < 4.78 is 49.9. The van der Waals surface area contributed by atoms with Crippen molar-refractivity contribution in [1.29, 1.82) is 0 Å². The second-order valence-corrected chi connectivity index (χ2v) is 2.66. The monoisotopic (exact) mass is 191 g/mol. The van der Waals surface area contributed by atoms with E-state index in [0.29, 0.717) is 12.1 Å². The maximum atomic E-state index is 12.9. The van der Waals surface area contributed by atoms with Crippen LogP contribution in [0.15, 0.2) is 12.1 Å². The number of hydrogen-bond acceptors (Lipinski definition) is 0. The normalized spacial score (nSPS) is 10.9. The fraction of sp³-hybridized carbons (Fsp3) is 0.222. The Hall–Kier alpha value is -1.06. The fourth-order valence-electron chi connectivity index (χ4n) is 0.922. The van der Waals surface area contributed by atoms with Crippen LogP contribution in [-0.2, 0) is 0 Å². The summed E-state index contributed by atoms with van der Waals surface area (Å²) in [6.07, 6.45) is 0. The van der Waals surface area contributed by atoms with E-state index >= 15 is 0 Å². The van der Waals surface area contributed by atoms with Gasteiger partial charge in [-0.15, -0.1) is 0 Å². The van der Waals surface area contributed by atoms with Crippen LogP contribution in [0.25, 0.3) is 0 Å². The summed E-state index contributed by atoms with van der Waals surface area (Å²) in [4.78, 5) is 0. The lowest BCUT2D eigenvalue weighted by atomic mass is 10.0. The Labute approximate surface area is 73.2 Å². The second-order valence-electron chi connectivity index (χ2n) is 2.66. The first-order valence-electron chi connectivity index (χ1n) is 3.59. The second kappa shape index (κ2) is 3.77. The molecule has 0 aliphatic heterocycles. The van der Waals surface area contributed by atoms with Crippen LogP contribution in [0.2, 0.25) is 0 Å². The Morgan fingerprint density at radius 3 is 2.15 bits per heavy atom.